The predicted octanol–water partition coefficient (Wildman–Crippen LogP) is 0.526. The van der Waals surface area contributed by atoms with Crippen molar-refractivity contribution in [2.75, 3.05) is 13.7 Å². The van der Waals surface area contributed by atoms with Crippen molar-refractivity contribution in [2.45, 2.75) is 18.6 Å². The van der Waals surface area contributed by atoms with Gasteiger partial charge in [-0.15, -0.1) is 0 Å². The van der Waals surface area contributed by atoms with E-state index in [-0.39, 0.29) is 18.9 Å². The fraction of sp³-hybridized carbons (Fsp3) is 0.455. The van der Waals surface area contributed by atoms with E-state index < -0.39 is 18.1 Å². The fourth-order valence-electron chi connectivity index (χ4n) is 2.04. The molecule has 2 unspecified atom stereocenters. The van der Waals surface area contributed by atoms with Crippen LogP contribution in [0.5, 0.6) is 0 Å². The van der Waals surface area contributed by atoms with Gasteiger partial charge in [-0.3, -0.25) is 4.79 Å². The maximum Gasteiger partial charge on any atom is 0.328 e. The molecule has 1 fully saturated rings. The number of hydrogen-bond acceptors (Lipinski definition) is 4. The maximum atomic E-state index is 12.2. The van der Waals surface area contributed by atoms with Gasteiger partial charge >= 0.3 is 5.97 Å². The van der Waals surface area contributed by atoms with Crippen molar-refractivity contribution in [1.29, 1.82) is 0 Å². The minimum absolute atomic E-state index is 0.134. The Morgan fingerprint density at radius 1 is 1.61 bits per heavy atom. The lowest BCUT2D eigenvalue weighted by molar-refractivity contribution is -0.145. The second kappa shape index (κ2) is 5.11. The van der Waals surface area contributed by atoms with E-state index >= 15 is 0 Å². The second-order valence-electron chi connectivity index (χ2n) is 4.12. The molecule has 1 aliphatic heterocycles. The van der Waals surface area contributed by atoms with Crippen LogP contribution < -0.4 is 0 Å². The molecule has 0 bridgehead atoms. The zero-order chi connectivity index (χ0) is 13.3. The van der Waals surface area contributed by atoms with Gasteiger partial charge in [0.15, 0.2) is 0 Å². The third kappa shape index (κ3) is 2.41. The van der Waals surface area contributed by atoms with Gasteiger partial charge in [0.25, 0.3) is 5.91 Å². The highest BCUT2D eigenvalue weighted by atomic mass is 79.9. The number of rotatable bonds is 2. The summed E-state index contributed by atoms with van der Waals surface area (Å²) in [5.74, 6) is -0.835. The van der Waals surface area contributed by atoms with Gasteiger partial charge in [0.05, 0.1) is 13.2 Å². The average molecular weight is 317 g/mol. The Bertz CT molecular complexity index is 473. The Balaban J connectivity index is 2.20. The summed E-state index contributed by atoms with van der Waals surface area (Å²) in [7, 11) is 1.26. The minimum atomic E-state index is -0.723. The van der Waals surface area contributed by atoms with E-state index in [2.05, 4.69) is 25.7 Å². The Kier molecular flexibility index (Phi) is 3.72. The van der Waals surface area contributed by atoms with Gasteiger partial charge < -0.3 is 19.7 Å². The molecule has 2 atom stereocenters. The number of aliphatic hydroxyl groups is 1. The van der Waals surface area contributed by atoms with E-state index in [0.29, 0.717) is 5.69 Å². The van der Waals surface area contributed by atoms with Crippen LogP contribution in [0, 0.1) is 0 Å². The summed E-state index contributed by atoms with van der Waals surface area (Å²) in [6.45, 7) is 0.134. The van der Waals surface area contributed by atoms with Gasteiger partial charge in [-0.2, -0.15) is 0 Å². The molecule has 0 aliphatic carbocycles. The van der Waals surface area contributed by atoms with Crippen LogP contribution in [-0.2, 0) is 9.53 Å². The van der Waals surface area contributed by atoms with Crippen LogP contribution in [0.4, 0.5) is 0 Å². The molecule has 0 radical (unpaired) electrons. The number of likely N-dealkylation sites (tertiary alicyclic amines) is 1. The van der Waals surface area contributed by atoms with Crippen LogP contribution in [0.25, 0.3) is 0 Å². The summed E-state index contributed by atoms with van der Waals surface area (Å²) >= 11 is 3.24. The van der Waals surface area contributed by atoms with Gasteiger partial charge in [0.1, 0.15) is 11.7 Å². The van der Waals surface area contributed by atoms with E-state index in [0.717, 1.165) is 4.47 Å². The summed E-state index contributed by atoms with van der Waals surface area (Å²) in [6.07, 6.45) is 1.14. The van der Waals surface area contributed by atoms with E-state index in [4.69, 9.17) is 0 Å². The lowest BCUT2D eigenvalue weighted by Crippen LogP contribution is -2.41. The standard InChI is InChI=1S/C11H13BrN2O4/c1-18-11(17)9-3-7(15)5-14(9)10(16)8-2-6(12)4-13-8/h2,4,7,9,13,15H,3,5H2,1H3. The smallest absolute Gasteiger partial charge is 0.328 e. The molecule has 0 spiro atoms. The maximum absolute atomic E-state index is 12.2. The van der Waals surface area contributed by atoms with Gasteiger partial charge in [-0.1, -0.05) is 0 Å². The van der Waals surface area contributed by atoms with Crippen LogP contribution in [0.1, 0.15) is 16.9 Å². The molecule has 2 heterocycles. The Labute approximate surface area is 112 Å². The molecule has 1 aliphatic rings. The highest BCUT2D eigenvalue weighted by Crippen LogP contribution is 2.22. The number of aliphatic hydroxyl groups excluding tert-OH is 1. The first-order valence-electron chi connectivity index (χ1n) is 5.43. The van der Waals surface area contributed by atoms with E-state index in [9.17, 15) is 14.7 Å². The largest absolute Gasteiger partial charge is 0.467 e. The number of halogens is 1. The van der Waals surface area contributed by atoms with Crippen LogP contribution >= 0.6 is 15.9 Å². The number of hydrogen-bond donors (Lipinski definition) is 2. The summed E-state index contributed by atoms with van der Waals surface area (Å²) < 4.78 is 5.39. The van der Waals surface area contributed by atoms with Crippen molar-refractivity contribution in [3.8, 4) is 0 Å². The van der Waals surface area contributed by atoms with Gasteiger partial charge in [0, 0.05) is 23.6 Å². The summed E-state index contributed by atoms with van der Waals surface area (Å²) in [4.78, 5) is 27.9. The van der Waals surface area contributed by atoms with Crippen molar-refractivity contribution in [3.63, 3.8) is 0 Å². The number of nitrogens with one attached hydrogen (secondary N) is 1. The first-order valence-corrected chi connectivity index (χ1v) is 6.23. The molecule has 1 amide bonds. The highest BCUT2D eigenvalue weighted by Gasteiger charge is 2.40. The van der Waals surface area contributed by atoms with Crippen molar-refractivity contribution in [3.05, 3.63) is 22.4 Å². The number of β-amino-alcohol motifs (C(OH)–C–C–N with tert-alkyl or cyclic N) is 1. The minimum Gasteiger partial charge on any atom is -0.467 e. The number of carbonyl (C=O) groups is 2. The van der Waals surface area contributed by atoms with Crippen molar-refractivity contribution < 1.29 is 19.4 Å². The Hall–Kier alpha value is -1.34. The quantitative estimate of drug-likeness (QED) is 0.780. The summed E-state index contributed by atoms with van der Waals surface area (Å²) in [6, 6.07) is 0.904. The molecule has 0 aromatic carbocycles. The number of amides is 1. The van der Waals surface area contributed by atoms with E-state index in [1.807, 2.05) is 0 Å². The average Bonchev–Trinajstić information content (AvgIpc) is 2.93. The van der Waals surface area contributed by atoms with Crippen LogP contribution in [0.15, 0.2) is 16.7 Å². The van der Waals surface area contributed by atoms with Crippen LogP contribution in [-0.4, -0.2) is 52.7 Å². The second-order valence-corrected chi connectivity index (χ2v) is 5.03. The Morgan fingerprint density at radius 3 is 2.89 bits per heavy atom. The van der Waals surface area contributed by atoms with E-state index in [1.165, 1.54) is 12.0 Å². The van der Waals surface area contributed by atoms with Gasteiger partial charge in [-0.25, -0.2) is 4.79 Å². The van der Waals surface area contributed by atoms with Crippen molar-refractivity contribution >= 4 is 27.8 Å². The molecule has 1 saturated heterocycles. The molecule has 1 aromatic heterocycles. The Morgan fingerprint density at radius 2 is 2.33 bits per heavy atom. The first kappa shape index (κ1) is 13.1. The first-order chi connectivity index (χ1) is 8.52. The van der Waals surface area contributed by atoms with Gasteiger partial charge in [-0.05, 0) is 22.0 Å². The van der Waals surface area contributed by atoms with Crippen LogP contribution in [0.2, 0.25) is 0 Å². The molecule has 0 saturated carbocycles. The summed E-state index contributed by atoms with van der Waals surface area (Å²) in [5.41, 5.74) is 0.366. The number of carbonyl (C=O) groups excluding carboxylic acids is 2. The molecule has 2 N–H and O–H groups in total. The molecule has 6 nitrogen and oxygen atoms in total. The van der Waals surface area contributed by atoms with Gasteiger partial charge in [0.2, 0.25) is 0 Å². The fourth-order valence-corrected chi connectivity index (χ4v) is 2.39. The topological polar surface area (TPSA) is 82.6 Å². The molecule has 7 heteroatoms. The molecular weight excluding hydrogens is 304 g/mol. The van der Waals surface area contributed by atoms with Crippen LogP contribution in [0.3, 0.4) is 0 Å². The molecule has 1 aromatic rings. The third-order valence-corrected chi connectivity index (χ3v) is 3.35. The van der Waals surface area contributed by atoms with Crippen molar-refractivity contribution in [2.24, 2.45) is 0 Å². The van der Waals surface area contributed by atoms with E-state index in [1.54, 1.807) is 12.3 Å². The zero-order valence-electron chi connectivity index (χ0n) is 9.72. The molecule has 98 valence electrons. The zero-order valence-corrected chi connectivity index (χ0v) is 11.3. The lowest BCUT2D eigenvalue weighted by atomic mass is 10.2. The highest BCUT2D eigenvalue weighted by molar-refractivity contribution is 9.10. The number of nitrogens with zero attached hydrogens (tertiary/aromatic N) is 1. The number of H-pyrrole nitrogens is 1. The monoisotopic (exact) mass is 316 g/mol. The SMILES string of the molecule is COC(=O)C1CC(O)CN1C(=O)c1cc(Br)c[nH]1. The molecular formula is C11H13BrN2O4. The molecule has 2 rings (SSSR count). The van der Waals surface area contributed by atoms with Crippen molar-refractivity contribution in [1.82, 2.24) is 9.88 Å². The predicted molar refractivity (Wildman–Crippen MR) is 66.0 cm³/mol. The number of ether oxygens (including phenoxy) is 1. The normalized spacial score (nSPS) is 23.2. The number of aromatic nitrogens is 1. The number of aromatic amines is 1. The lowest BCUT2D eigenvalue weighted by Gasteiger charge is -2.21. The number of methoxy groups -OCH3 is 1. The number of esters is 1. The summed E-state index contributed by atoms with van der Waals surface area (Å²) in [5, 5.41) is 9.59. The third-order valence-electron chi connectivity index (χ3n) is 2.89. The molecule has 18 heavy (non-hydrogen) atoms.